The molecule has 0 spiro atoms. The van der Waals surface area contributed by atoms with Gasteiger partial charge >= 0.3 is 23.9 Å². The molecule has 0 amide bonds. The molecule has 0 saturated carbocycles. The average Bonchev–Trinajstić information content (AvgIpc) is 2.45. The Morgan fingerprint density at radius 1 is 0.654 bits per heavy atom. The van der Waals surface area contributed by atoms with Gasteiger partial charge in [-0.05, 0) is 12.1 Å². The molecule has 10 heteroatoms. The van der Waals surface area contributed by atoms with Crippen molar-refractivity contribution in [2.24, 2.45) is 0 Å². The van der Waals surface area contributed by atoms with Crippen LogP contribution in [0.4, 0.5) is 0 Å². The van der Waals surface area contributed by atoms with Gasteiger partial charge in [0.05, 0.1) is 0 Å². The van der Waals surface area contributed by atoms with Crippen molar-refractivity contribution in [3.8, 4) is 0 Å². The topological polar surface area (TPSA) is 105 Å². The predicted octanol–water partition coefficient (Wildman–Crippen LogP) is 3.46. The molecule has 0 unspecified atom stereocenters. The van der Waals surface area contributed by atoms with E-state index in [0.717, 1.165) is 0 Å². The van der Waals surface area contributed by atoms with Crippen molar-refractivity contribution in [3.05, 3.63) is 32.2 Å². The molecule has 1 aromatic carbocycles. The van der Waals surface area contributed by atoms with Gasteiger partial charge in [-0.3, -0.25) is 19.2 Å². The van der Waals surface area contributed by atoms with E-state index in [1.54, 1.807) is 0 Å². The van der Waals surface area contributed by atoms with Gasteiger partial charge in [0.1, 0.15) is 0 Å². The summed E-state index contributed by atoms with van der Waals surface area (Å²) in [5.41, 5.74) is 0.630. The second-order valence-electron chi connectivity index (χ2n) is 5.00. The van der Waals surface area contributed by atoms with Gasteiger partial charge in [0.2, 0.25) is 0 Å². The van der Waals surface area contributed by atoms with Crippen molar-refractivity contribution < 1.29 is 38.1 Å². The molecule has 0 aliphatic heterocycles. The summed E-state index contributed by atoms with van der Waals surface area (Å²) in [6, 6.07) is 2.96. The number of carbonyl (C=O) groups is 4. The fourth-order valence-corrected chi connectivity index (χ4v) is 2.94. The van der Waals surface area contributed by atoms with Crippen molar-refractivity contribution in [1.29, 1.82) is 0 Å². The number of halogens is 2. The van der Waals surface area contributed by atoms with E-state index in [4.69, 9.17) is 18.9 Å². The smallest absolute Gasteiger partial charge is 0.305 e. The predicted molar refractivity (Wildman–Crippen MR) is 94.4 cm³/mol. The van der Waals surface area contributed by atoms with E-state index in [1.807, 2.05) is 0 Å². The monoisotopic (exact) mass is 494 g/mol. The molecule has 0 atom stereocenters. The molecule has 1 aromatic rings. The zero-order valence-electron chi connectivity index (χ0n) is 14.3. The highest BCUT2D eigenvalue weighted by Crippen LogP contribution is 2.36. The largest absolute Gasteiger partial charge is 0.421 e. The highest BCUT2D eigenvalue weighted by Gasteiger charge is 2.26. The van der Waals surface area contributed by atoms with Crippen molar-refractivity contribution in [1.82, 2.24) is 0 Å². The van der Waals surface area contributed by atoms with Crippen molar-refractivity contribution in [2.45, 2.75) is 40.3 Å². The van der Waals surface area contributed by atoms with Gasteiger partial charge in [-0.2, -0.15) is 0 Å². The third kappa shape index (κ3) is 6.75. The molecule has 0 N–H and O–H groups in total. The molecular weight excluding hydrogens is 480 g/mol. The minimum absolute atomic E-state index is 0.315. The lowest BCUT2D eigenvalue weighted by atomic mass is 10.1. The molecule has 0 aliphatic rings. The van der Waals surface area contributed by atoms with Crippen LogP contribution in [0, 0.1) is 0 Å². The maximum Gasteiger partial charge on any atom is 0.305 e. The summed E-state index contributed by atoms with van der Waals surface area (Å²) in [6.07, 6.45) is -2.57. The van der Waals surface area contributed by atoms with Gasteiger partial charge in [0.15, 0.2) is 0 Å². The number of rotatable bonds is 6. The van der Waals surface area contributed by atoms with Crippen molar-refractivity contribution in [3.63, 3.8) is 0 Å². The normalized spacial score (nSPS) is 10.5. The van der Waals surface area contributed by atoms with Gasteiger partial charge in [-0.1, -0.05) is 31.9 Å². The van der Waals surface area contributed by atoms with Crippen LogP contribution in [-0.4, -0.2) is 23.9 Å². The lowest BCUT2D eigenvalue weighted by Gasteiger charge is -2.22. The molecule has 8 nitrogen and oxygen atoms in total. The number of esters is 4. The first-order chi connectivity index (χ1) is 12.0. The van der Waals surface area contributed by atoms with E-state index < -0.39 is 36.5 Å². The van der Waals surface area contributed by atoms with Crippen LogP contribution in [-0.2, 0) is 38.1 Å². The molecule has 0 aliphatic carbocycles. The van der Waals surface area contributed by atoms with Crippen LogP contribution >= 0.6 is 31.9 Å². The first-order valence-electron chi connectivity index (χ1n) is 7.19. The Morgan fingerprint density at radius 2 is 0.885 bits per heavy atom. The van der Waals surface area contributed by atoms with Crippen LogP contribution in [0.25, 0.3) is 0 Å². The quantitative estimate of drug-likeness (QED) is 0.436. The number of carbonyl (C=O) groups excluding carboxylic acids is 4. The minimum atomic E-state index is -1.29. The first kappa shape index (κ1) is 22.1. The Hall–Kier alpha value is -1.94. The highest BCUT2D eigenvalue weighted by atomic mass is 79.9. The molecule has 1 rings (SSSR count). The Balaban J connectivity index is 3.33. The molecular formula is C16H16Br2O8. The van der Waals surface area contributed by atoms with Gasteiger partial charge < -0.3 is 18.9 Å². The van der Waals surface area contributed by atoms with Crippen LogP contribution in [0.3, 0.4) is 0 Å². The SMILES string of the molecule is CC(=O)OC(OC(C)=O)c1cc(Br)c(C(OC(C)=O)OC(C)=O)cc1Br. The standard InChI is InChI=1S/C16H16Br2O8/c1-7(19)23-15(24-8(2)20)11-5-14(18)12(6-13(11)17)16(25-9(3)21)26-10(4)22/h5-6,15-16H,1-4H3. The molecule has 0 bridgehead atoms. The van der Waals surface area contributed by atoms with Crippen molar-refractivity contribution >= 4 is 55.7 Å². The van der Waals surface area contributed by atoms with Crippen LogP contribution in [0.15, 0.2) is 21.1 Å². The molecule has 0 radical (unpaired) electrons. The molecule has 26 heavy (non-hydrogen) atoms. The third-order valence-corrected chi connectivity index (χ3v) is 4.09. The lowest BCUT2D eigenvalue weighted by molar-refractivity contribution is -0.189. The number of hydrogen-bond donors (Lipinski definition) is 0. The summed E-state index contributed by atoms with van der Waals surface area (Å²) in [4.78, 5) is 45.1. The maximum absolute atomic E-state index is 11.3. The summed E-state index contributed by atoms with van der Waals surface area (Å²) in [5, 5.41) is 0. The van der Waals surface area contributed by atoms with E-state index in [2.05, 4.69) is 31.9 Å². The van der Waals surface area contributed by atoms with Gasteiger partial charge in [0.25, 0.3) is 12.6 Å². The number of hydrogen-bond acceptors (Lipinski definition) is 8. The van der Waals surface area contributed by atoms with Gasteiger partial charge in [-0.15, -0.1) is 0 Å². The average molecular weight is 496 g/mol. The maximum atomic E-state index is 11.3. The fourth-order valence-electron chi connectivity index (χ4n) is 1.84. The minimum Gasteiger partial charge on any atom is -0.421 e. The zero-order valence-corrected chi connectivity index (χ0v) is 17.5. The lowest BCUT2D eigenvalue weighted by Crippen LogP contribution is -2.18. The Labute approximate surface area is 166 Å². The van der Waals surface area contributed by atoms with Gasteiger partial charge in [0, 0.05) is 47.8 Å². The van der Waals surface area contributed by atoms with Crippen LogP contribution < -0.4 is 0 Å². The Morgan fingerprint density at radius 3 is 1.08 bits per heavy atom. The van der Waals surface area contributed by atoms with Crippen molar-refractivity contribution in [2.75, 3.05) is 0 Å². The zero-order chi connectivity index (χ0) is 20.0. The van der Waals surface area contributed by atoms with E-state index in [1.165, 1.54) is 39.8 Å². The van der Waals surface area contributed by atoms with Gasteiger partial charge in [-0.25, -0.2) is 0 Å². The summed E-state index contributed by atoms with van der Waals surface area (Å²) >= 11 is 6.56. The highest BCUT2D eigenvalue weighted by molar-refractivity contribution is 9.11. The fraction of sp³-hybridized carbons (Fsp3) is 0.375. The molecule has 0 saturated heterocycles. The number of ether oxygens (including phenoxy) is 4. The number of benzene rings is 1. The third-order valence-electron chi connectivity index (χ3n) is 2.72. The van der Waals surface area contributed by atoms with Crippen LogP contribution in [0.2, 0.25) is 0 Å². The molecule has 142 valence electrons. The van der Waals surface area contributed by atoms with E-state index >= 15 is 0 Å². The first-order valence-corrected chi connectivity index (χ1v) is 8.77. The van der Waals surface area contributed by atoms with E-state index in [0.29, 0.717) is 20.1 Å². The van der Waals surface area contributed by atoms with E-state index in [9.17, 15) is 19.2 Å². The van der Waals surface area contributed by atoms with Crippen LogP contribution in [0.1, 0.15) is 51.4 Å². The Kier molecular flexibility index (Phi) is 8.22. The second-order valence-corrected chi connectivity index (χ2v) is 6.71. The molecule has 0 heterocycles. The summed E-state index contributed by atoms with van der Waals surface area (Å²) in [5.74, 6) is -2.61. The summed E-state index contributed by atoms with van der Waals surface area (Å²) in [6.45, 7) is 4.69. The summed E-state index contributed by atoms with van der Waals surface area (Å²) in [7, 11) is 0. The molecule has 0 aromatic heterocycles. The Bertz CT molecular complexity index is 637. The van der Waals surface area contributed by atoms with E-state index in [-0.39, 0.29) is 0 Å². The summed E-state index contributed by atoms with van der Waals surface area (Å²) < 4.78 is 20.8. The second kappa shape index (κ2) is 9.67. The molecule has 0 fully saturated rings. The van der Waals surface area contributed by atoms with Crippen LogP contribution in [0.5, 0.6) is 0 Å².